The first-order valence-electron chi connectivity index (χ1n) is 8.13. The van der Waals surface area contributed by atoms with Crippen LogP contribution in [0.5, 0.6) is 5.75 Å². The molecule has 0 atom stereocenters. The minimum atomic E-state index is -1.33. The van der Waals surface area contributed by atoms with Gasteiger partial charge in [0.25, 0.3) is 0 Å². The van der Waals surface area contributed by atoms with Crippen LogP contribution in [0.4, 0.5) is 5.69 Å². The summed E-state index contributed by atoms with van der Waals surface area (Å²) in [6, 6.07) is 6.84. The molecule has 1 aromatic heterocycles. The number of hydrogen-bond donors (Lipinski definition) is 0. The molecule has 0 spiro atoms. The molecular weight excluding hydrogens is 352 g/mol. The van der Waals surface area contributed by atoms with Crippen molar-refractivity contribution in [1.29, 1.82) is 5.26 Å². The topological polar surface area (TPSA) is 103 Å². The Morgan fingerprint density at radius 3 is 2.69 bits per heavy atom. The molecule has 0 aliphatic rings. The SMILES string of the molecule is COc1ccc(C#N)cc1-c1c([N+](=O)[O-])cnn1CCOC[Si](C)(C)C. The predicted molar refractivity (Wildman–Crippen MR) is 99.7 cm³/mol. The molecule has 0 saturated carbocycles. The highest BCUT2D eigenvalue weighted by atomic mass is 28.3. The summed E-state index contributed by atoms with van der Waals surface area (Å²) < 4.78 is 12.6. The van der Waals surface area contributed by atoms with Crippen molar-refractivity contribution in [3.8, 4) is 23.1 Å². The van der Waals surface area contributed by atoms with E-state index in [1.807, 2.05) is 6.07 Å². The van der Waals surface area contributed by atoms with E-state index >= 15 is 0 Å². The quantitative estimate of drug-likeness (QED) is 0.304. The van der Waals surface area contributed by atoms with Crippen LogP contribution in [0.15, 0.2) is 24.4 Å². The molecule has 0 bridgehead atoms. The van der Waals surface area contributed by atoms with E-state index in [9.17, 15) is 10.1 Å². The Morgan fingerprint density at radius 2 is 2.12 bits per heavy atom. The standard InChI is InChI=1S/C17H22N4O4Si/c1-24-16-6-5-13(10-18)9-14(16)17-15(21(22)23)11-19-20(17)7-8-25-12-26(2,3)4/h5-6,9,11H,7-8,12H2,1-4H3. The number of rotatable bonds is 8. The molecule has 2 rings (SSSR count). The second kappa shape index (κ2) is 8.12. The van der Waals surface area contributed by atoms with E-state index in [1.165, 1.54) is 18.0 Å². The van der Waals surface area contributed by atoms with Gasteiger partial charge >= 0.3 is 5.69 Å². The number of methoxy groups -OCH3 is 1. The van der Waals surface area contributed by atoms with Gasteiger partial charge in [0, 0.05) is 6.23 Å². The van der Waals surface area contributed by atoms with Crippen LogP contribution in [-0.2, 0) is 11.3 Å². The van der Waals surface area contributed by atoms with Gasteiger partial charge in [-0.3, -0.25) is 14.8 Å². The first kappa shape index (κ1) is 19.6. The molecule has 0 fully saturated rings. The number of nitriles is 1. The van der Waals surface area contributed by atoms with Crippen LogP contribution in [0, 0.1) is 21.4 Å². The van der Waals surface area contributed by atoms with Gasteiger partial charge in [-0.05, 0) is 18.2 Å². The molecule has 2 aromatic rings. The van der Waals surface area contributed by atoms with Crippen molar-refractivity contribution in [2.75, 3.05) is 19.9 Å². The lowest BCUT2D eigenvalue weighted by molar-refractivity contribution is -0.384. The van der Waals surface area contributed by atoms with Crippen molar-refractivity contribution in [2.24, 2.45) is 0 Å². The Labute approximate surface area is 153 Å². The highest BCUT2D eigenvalue weighted by molar-refractivity contribution is 6.76. The van der Waals surface area contributed by atoms with Crippen molar-refractivity contribution in [3.05, 3.63) is 40.1 Å². The molecule has 8 nitrogen and oxygen atoms in total. The summed E-state index contributed by atoms with van der Waals surface area (Å²) in [5.41, 5.74) is 1.02. The minimum absolute atomic E-state index is 0.136. The van der Waals surface area contributed by atoms with Crippen LogP contribution in [0.3, 0.4) is 0 Å². The first-order chi connectivity index (χ1) is 12.3. The molecule has 138 valence electrons. The van der Waals surface area contributed by atoms with Crippen LogP contribution in [0.2, 0.25) is 19.6 Å². The summed E-state index contributed by atoms with van der Waals surface area (Å²) in [7, 11) is 0.152. The van der Waals surface area contributed by atoms with E-state index in [1.54, 1.807) is 18.2 Å². The number of nitrogens with zero attached hydrogens (tertiary/aromatic N) is 4. The number of hydrogen-bond acceptors (Lipinski definition) is 6. The number of benzene rings is 1. The lowest BCUT2D eigenvalue weighted by atomic mass is 10.1. The fourth-order valence-corrected chi connectivity index (χ4v) is 3.20. The fraction of sp³-hybridized carbons (Fsp3) is 0.412. The Bertz CT molecular complexity index is 836. The molecule has 0 unspecified atom stereocenters. The van der Waals surface area contributed by atoms with Gasteiger partial charge in [0.1, 0.15) is 17.6 Å². The summed E-state index contributed by atoms with van der Waals surface area (Å²) in [6.45, 7) is 7.38. The smallest absolute Gasteiger partial charge is 0.315 e. The van der Waals surface area contributed by atoms with E-state index < -0.39 is 13.0 Å². The van der Waals surface area contributed by atoms with Gasteiger partial charge in [-0.25, -0.2) is 0 Å². The maximum atomic E-state index is 11.4. The summed E-state index contributed by atoms with van der Waals surface area (Å²) in [5.74, 6) is 0.442. The monoisotopic (exact) mass is 374 g/mol. The van der Waals surface area contributed by atoms with Gasteiger partial charge in [-0.1, -0.05) is 19.6 Å². The van der Waals surface area contributed by atoms with E-state index in [0.29, 0.717) is 42.0 Å². The Kier molecular flexibility index (Phi) is 6.13. The summed E-state index contributed by atoms with van der Waals surface area (Å²) >= 11 is 0. The fourth-order valence-electron chi connectivity index (χ4n) is 2.45. The zero-order valence-corrected chi connectivity index (χ0v) is 16.4. The molecule has 0 saturated heterocycles. The van der Waals surface area contributed by atoms with Crippen LogP contribution in [-0.4, -0.2) is 42.7 Å². The van der Waals surface area contributed by atoms with Crippen LogP contribution in [0.1, 0.15) is 5.56 Å². The molecule has 0 N–H and O–H groups in total. The van der Waals surface area contributed by atoms with Crippen molar-refractivity contribution in [2.45, 2.75) is 26.2 Å². The largest absolute Gasteiger partial charge is 0.496 e. The van der Waals surface area contributed by atoms with E-state index in [2.05, 4.69) is 24.7 Å². The van der Waals surface area contributed by atoms with E-state index in [0.717, 1.165) is 0 Å². The van der Waals surface area contributed by atoms with Gasteiger partial charge in [-0.15, -0.1) is 0 Å². The third-order valence-electron chi connectivity index (χ3n) is 3.58. The van der Waals surface area contributed by atoms with Crippen molar-refractivity contribution >= 4 is 13.8 Å². The molecule has 1 heterocycles. The zero-order valence-electron chi connectivity index (χ0n) is 15.4. The second-order valence-electron chi connectivity index (χ2n) is 7.00. The molecule has 26 heavy (non-hydrogen) atoms. The lowest BCUT2D eigenvalue weighted by Gasteiger charge is -2.16. The van der Waals surface area contributed by atoms with Crippen LogP contribution >= 0.6 is 0 Å². The minimum Gasteiger partial charge on any atom is -0.496 e. The van der Waals surface area contributed by atoms with Gasteiger partial charge in [0.15, 0.2) is 0 Å². The third kappa shape index (κ3) is 4.68. The van der Waals surface area contributed by atoms with Gasteiger partial charge in [0.2, 0.25) is 0 Å². The van der Waals surface area contributed by atoms with Crippen LogP contribution < -0.4 is 4.74 Å². The normalized spacial score (nSPS) is 11.2. The van der Waals surface area contributed by atoms with Gasteiger partial charge in [-0.2, -0.15) is 10.4 Å². The molecule has 0 aliphatic carbocycles. The van der Waals surface area contributed by atoms with Crippen molar-refractivity contribution < 1.29 is 14.4 Å². The number of nitro groups is 1. The predicted octanol–water partition coefficient (Wildman–Crippen LogP) is 3.23. The zero-order chi connectivity index (χ0) is 19.3. The number of ether oxygens (including phenoxy) is 2. The third-order valence-corrected chi connectivity index (χ3v) is 4.65. The maximum absolute atomic E-state index is 11.4. The van der Waals surface area contributed by atoms with Crippen molar-refractivity contribution in [1.82, 2.24) is 9.78 Å². The lowest BCUT2D eigenvalue weighted by Crippen LogP contribution is -2.29. The number of aromatic nitrogens is 2. The van der Waals surface area contributed by atoms with Gasteiger partial charge < -0.3 is 9.47 Å². The Hall–Kier alpha value is -2.70. The first-order valence-corrected chi connectivity index (χ1v) is 11.8. The second-order valence-corrected chi connectivity index (χ2v) is 12.4. The van der Waals surface area contributed by atoms with Crippen LogP contribution in [0.25, 0.3) is 11.3 Å². The summed E-state index contributed by atoms with van der Waals surface area (Å²) in [5, 5.41) is 24.7. The maximum Gasteiger partial charge on any atom is 0.315 e. The molecule has 0 aliphatic heterocycles. The van der Waals surface area contributed by atoms with Gasteiger partial charge in [0.05, 0.1) is 50.5 Å². The molecule has 0 radical (unpaired) electrons. The summed E-state index contributed by atoms with van der Waals surface area (Å²) in [4.78, 5) is 11.0. The Balaban J connectivity index is 2.39. The van der Waals surface area contributed by atoms with Crippen molar-refractivity contribution in [3.63, 3.8) is 0 Å². The van der Waals surface area contributed by atoms with E-state index in [4.69, 9.17) is 14.7 Å². The molecule has 0 amide bonds. The highest BCUT2D eigenvalue weighted by Crippen LogP contribution is 2.36. The Morgan fingerprint density at radius 1 is 1.38 bits per heavy atom. The molecule has 9 heteroatoms. The average Bonchev–Trinajstić information content (AvgIpc) is 3.01. The van der Waals surface area contributed by atoms with E-state index in [-0.39, 0.29) is 5.69 Å². The highest BCUT2D eigenvalue weighted by Gasteiger charge is 2.25. The molecule has 1 aromatic carbocycles. The molecular formula is C17H22N4O4Si. The average molecular weight is 374 g/mol. The summed E-state index contributed by atoms with van der Waals surface area (Å²) in [6.07, 6.45) is 1.92.